The highest BCUT2D eigenvalue weighted by Gasteiger charge is 2.39. The summed E-state index contributed by atoms with van der Waals surface area (Å²) in [4.78, 5) is 22.7. The number of ether oxygens (including phenoxy) is 2. The molecule has 4 unspecified atom stereocenters. The van der Waals surface area contributed by atoms with E-state index in [1.807, 2.05) is 0 Å². The summed E-state index contributed by atoms with van der Waals surface area (Å²) in [7, 11) is 0. The number of nitrogens with zero attached hydrogens (tertiary/aromatic N) is 4. The first-order valence-corrected chi connectivity index (χ1v) is 32.1. The van der Waals surface area contributed by atoms with Crippen molar-refractivity contribution in [1.29, 1.82) is 0 Å². The Bertz CT molecular complexity index is 2800. The zero-order valence-electron chi connectivity index (χ0n) is 57.0. The van der Waals surface area contributed by atoms with Gasteiger partial charge in [-0.2, -0.15) is 0 Å². The van der Waals surface area contributed by atoms with Crippen LogP contribution >= 0.6 is 0 Å². The van der Waals surface area contributed by atoms with E-state index >= 15 is 0 Å². The van der Waals surface area contributed by atoms with E-state index in [1.54, 1.807) is 0 Å². The summed E-state index contributed by atoms with van der Waals surface area (Å²) < 4.78 is 14.6. The second-order valence-electron chi connectivity index (χ2n) is 30.8. The van der Waals surface area contributed by atoms with Crippen molar-refractivity contribution in [3.8, 4) is 0 Å². The standard InChI is InChI=1S/C76H114N4O2/c1-44(2)55-39-57(46(5)6)69(58(40-55)47(7)8)77-52(15)67-37-54(38-68(82-67)53(16)78-70-59(48(9)10)41-56(45(3)4)42-60(70)49(11)12)43-76(26,27)64-34-29-33-63(75(23,24)25)72(64)80-51(14)66-36-30-35-65(81-66)50(13)79-71-61(73(17,18)19)31-28-32-62(71)74(20,21)22/h28-29,31-34,39-42,44-49,54,65-68H,30,35-38,43H2,1-27H3. The number of hydrogen-bond donors (Lipinski definition) is 0. The molecule has 6 heteroatoms. The van der Waals surface area contributed by atoms with Crippen LogP contribution in [0.5, 0.6) is 0 Å². The van der Waals surface area contributed by atoms with E-state index in [1.165, 1.54) is 55.6 Å². The van der Waals surface area contributed by atoms with Crippen LogP contribution in [-0.2, 0) is 31.1 Å². The highest BCUT2D eigenvalue weighted by atomic mass is 16.5. The van der Waals surface area contributed by atoms with Crippen molar-refractivity contribution in [3.63, 3.8) is 0 Å². The second kappa shape index (κ2) is 26.4. The van der Waals surface area contributed by atoms with Gasteiger partial charge < -0.3 is 9.47 Å². The van der Waals surface area contributed by atoms with Crippen LogP contribution in [0.3, 0.4) is 0 Å². The van der Waals surface area contributed by atoms with Crippen LogP contribution in [-0.4, -0.2) is 47.3 Å². The molecule has 0 aromatic heterocycles. The van der Waals surface area contributed by atoms with Crippen LogP contribution in [0.15, 0.2) is 80.6 Å². The van der Waals surface area contributed by atoms with E-state index in [9.17, 15) is 0 Å². The zero-order chi connectivity index (χ0) is 61.3. The largest absolute Gasteiger partial charge is 0.363 e. The lowest BCUT2D eigenvalue weighted by atomic mass is 9.71. The quantitative estimate of drug-likeness (QED) is 0.0989. The molecule has 0 radical (unpaired) electrons. The Morgan fingerprint density at radius 2 is 0.683 bits per heavy atom. The third-order valence-corrected chi connectivity index (χ3v) is 17.9. The maximum atomic E-state index is 7.43. The molecule has 6 rings (SSSR count). The van der Waals surface area contributed by atoms with Crippen molar-refractivity contribution in [1.82, 2.24) is 0 Å². The van der Waals surface area contributed by atoms with Crippen LogP contribution in [0.1, 0.15) is 317 Å². The first-order valence-electron chi connectivity index (χ1n) is 32.1. The van der Waals surface area contributed by atoms with Gasteiger partial charge in [-0.15, -0.1) is 0 Å². The van der Waals surface area contributed by atoms with Gasteiger partial charge in [0, 0.05) is 22.8 Å². The lowest BCUT2D eigenvalue weighted by Crippen LogP contribution is -2.41. The summed E-state index contributed by atoms with van der Waals surface area (Å²) in [6.45, 7) is 62.2. The molecule has 4 atom stereocenters. The van der Waals surface area contributed by atoms with E-state index in [-0.39, 0.29) is 46.1 Å². The molecule has 0 aliphatic carbocycles. The molecular weight excluding hydrogens is 1000 g/mol. The van der Waals surface area contributed by atoms with Gasteiger partial charge in [-0.05, 0) is 185 Å². The van der Waals surface area contributed by atoms with Gasteiger partial charge in [-0.25, -0.2) is 0 Å². The predicted molar refractivity (Wildman–Crippen MR) is 359 cm³/mol. The normalized spacial score (nSPS) is 20.7. The minimum atomic E-state index is -0.247. The van der Waals surface area contributed by atoms with Crippen molar-refractivity contribution in [2.45, 2.75) is 307 Å². The molecule has 4 aromatic carbocycles. The monoisotopic (exact) mass is 1110 g/mol. The molecule has 2 aliphatic heterocycles. The average Bonchev–Trinajstić information content (AvgIpc) is 3.58. The Balaban J connectivity index is 1.44. The Labute approximate surface area is 501 Å². The minimum absolute atomic E-state index is 0.0497. The fraction of sp³-hybridized carbons (Fsp3) is 0.632. The fourth-order valence-corrected chi connectivity index (χ4v) is 12.8. The number of aliphatic imine (C=N–C) groups is 4. The Kier molecular flexibility index (Phi) is 21.4. The lowest BCUT2D eigenvalue weighted by Gasteiger charge is -2.40. The number of hydrogen-bond acceptors (Lipinski definition) is 6. The zero-order valence-corrected chi connectivity index (χ0v) is 57.0. The molecule has 450 valence electrons. The first-order chi connectivity index (χ1) is 37.9. The van der Waals surface area contributed by atoms with Crippen LogP contribution in [0.2, 0.25) is 0 Å². The van der Waals surface area contributed by atoms with Crippen LogP contribution in [0.25, 0.3) is 0 Å². The third kappa shape index (κ3) is 15.9. The molecule has 2 saturated heterocycles. The van der Waals surface area contributed by atoms with Crippen molar-refractivity contribution < 1.29 is 9.47 Å². The highest BCUT2D eigenvalue weighted by Crippen LogP contribution is 2.47. The summed E-state index contributed by atoms with van der Waals surface area (Å²) in [6, 6.07) is 23.3. The molecule has 0 amide bonds. The molecule has 2 aliphatic rings. The maximum absolute atomic E-state index is 7.43. The summed E-state index contributed by atoms with van der Waals surface area (Å²) >= 11 is 0. The lowest BCUT2D eigenvalue weighted by molar-refractivity contribution is -0.00860. The van der Waals surface area contributed by atoms with Gasteiger partial charge in [-0.1, -0.05) is 220 Å². The van der Waals surface area contributed by atoms with Crippen molar-refractivity contribution in [2.24, 2.45) is 25.9 Å². The molecule has 6 nitrogen and oxygen atoms in total. The van der Waals surface area contributed by atoms with Crippen LogP contribution in [0, 0.1) is 5.92 Å². The van der Waals surface area contributed by atoms with E-state index in [0.29, 0.717) is 41.4 Å². The van der Waals surface area contributed by atoms with Gasteiger partial charge in [0.15, 0.2) is 0 Å². The van der Waals surface area contributed by atoms with Crippen LogP contribution < -0.4 is 0 Å². The average molecular weight is 1120 g/mol. The maximum Gasteiger partial charge on any atom is 0.0964 e. The molecule has 0 N–H and O–H groups in total. The number of benzene rings is 4. The van der Waals surface area contributed by atoms with Gasteiger partial charge in [-0.3, -0.25) is 20.0 Å². The summed E-state index contributed by atoms with van der Waals surface area (Å²) in [6.07, 6.45) is 5.09. The highest BCUT2D eigenvalue weighted by molar-refractivity contribution is 5.94. The van der Waals surface area contributed by atoms with Gasteiger partial charge in [0.1, 0.15) is 0 Å². The topological polar surface area (TPSA) is 67.9 Å². The van der Waals surface area contributed by atoms with E-state index in [0.717, 1.165) is 84.1 Å². The Morgan fingerprint density at radius 3 is 0.988 bits per heavy atom. The van der Waals surface area contributed by atoms with Crippen molar-refractivity contribution >= 4 is 45.6 Å². The molecule has 2 heterocycles. The molecular formula is C76H114N4O2. The minimum Gasteiger partial charge on any atom is -0.363 e. The van der Waals surface area contributed by atoms with Crippen molar-refractivity contribution in [3.05, 3.63) is 116 Å². The van der Waals surface area contributed by atoms with Gasteiger partial charge in [0.25, 0.3) is 0 Å². The first kappa shape index (κ1) is 66.6. The Hall–Kier alpha value is -4.52. The molecule has 4 aromatic rings. The van der Waals surface area contributed by atoms with Crippen LogP contribution in [0.4, 0.5) is 22.7 Å². The summed E-state index contributed by atoms with van der Waals surface area (Å²) in [5.41, 5.74) is 21.3. The second-order valence-corrected chi connectivity index (χ2v) is 30.8. The van der Waals surface area contributed by atoms with E-state index < -0.39 is 0 Å². The third-order valence-electron chi connectivity index (χ3n) is 17.9. The molecule has 0 spiro atoms. The number of para-hydroxylation sites is 2. The SMILES string of the molecule is CC(=Nc1c(C(C)C)cc(C(C)C)cc1C(C)C)C1CC(CC(C)(C)c2cccc(C(C)(C)C)c2N=C(C)C2CCCC(C(C)=Nc3c(C(C)(C)C)cccc3C(C)(C)C)O2)CC(C(C)=Nc2c(C(C)C)cc(C(C)C)cc2C(C)C)O1. The van der Waals surface area contributed by atoms with E-state index in [2.05, 4.69) is 248 Å². The molecule has 0 saturated carbocycles. The van der Waals surface area contributed by atoms with Gasteiger partial charge in [0.2, 0.25) is 0 Å². The molecule has 82 heavy (non-hydrogen) atoms. The number of rotatable bonds is 17. The molecule has 0 bridgehead atoms. The van der Waals surface area contributed by atoms with Crippen molar-refractivity contribution in [2.75, 3.05) is 0 Å². The fourth-order valence-electron chi connectivity index (χ4n) is 12.8. The van der Waals surface area contributed by atoms with Gasteiger partial charge >= 0.3 is 0 Å². The molecule has 2 fully saturated rings. The summed E-state index contributed by atoms with van der Waals surface area (Å²) in [5.74, 6) is 2.49. The summed E-state index contributed by atoms with van der Waals surface area (Å²) in [5, 5.41) is 0. The van der Waals surface area contributed by atoms with E-state index in [4.69, 9.17) is 29.4 Å². The smallest absolute Gasteiger partial charge is 0.0964 e. The Morgan fingerprint density at radius 1 is 0.402 bits per heavy atom. The van der Waals surface area contributed by atoms with Gasteiger partial charge in [0.05, 0.1) is 47.2 Å². The predicted octanol–water partition coefficient (Wildman–Crippen LogP) is 22.6.